The topological polar surface area (TPSA) is 58.7 Å². The zero-order valence-electron chi connectivity index (χ0n) is 8.92. The molecule has 1 fully saturated rings. The van der Waals surface area contributed by atoms with Gasteiger partial charge in [0, 0.05) is 13.1 Å². The van der Waals surface area contributed by atoms with Crippen LogP contribution in [0.3, 0.4) is 0 Å². The van der Waals surface area contributed by atoms with Gasteiger partial charge in [0.15, 0.2) is 5.34 Å². The number of carbonyl (C=O) groups is 1. The fraction of sp³-hybridized carbons (Fsp3) is 0.364. The smallest absolute Gasteiger partial charge is 0.282 e. The third-order valence-electron chi connectivity index (χ3n) is 2.87. The summed E-state index contributed by atoms with van der Waals surface area (Å²) in [4.78, 5) is 27.3. The molecule has 1 aromatic rings. The number of carbonyl (C=O) groups excluding carboxylic acids is 1. The molecule has 84 valence electrons. The van der Waals surface area contributed by atoms with E-state index < -0.39 is 11.5 Å². The predicted molar refractivity (Wildman–Crippen MR) is 57.1 cm³/mol. The minimum atomic E-state index is -0.691. The van der Waals surface area contributed by atoms with E-state index in [1.807, 2.05) is 35.2 Å². The van der Waals surface area contributed by atoms with Crippen LogP contribution >= 0.6 is 0 Å². The van der Waals surface area contributed by atoms with Gasteiger partial charge < -0.3 is 0 Å². The summed E-state index contributed by atoms with van der Waals surface area (Å²) in [6, 6.07) is 9.81. The summed E-state index contributed by atoms with van der Waals surface area (Å²) in [6.45, 7) is 3.00. The van der Waals surface area contributed by atoms with Crippen LogP contribution in [0.5, 0.6) is 0 Å². The van der Waals surface area contributed by atoms with Crippen molar-refractivity contribution in [3.05, 3.63) is 40.8 Å². The Morgan fingerprint density at radius 1 is 1.50 bits per heavy atom. The fourth-order valence-electron chi connectivity index (χ4n) is 1.70. The molecular weight excluding hydrogens is 208 g/mol. The Morgan fingerprint density at radius 2 is 2.19 bits per heavy atom. The number of rotatable bonds is 4. The van der Waals surface area contributed by atoms with Crippen LogP contribution in [-0.2, 0) is 16.2 Å². The summed E-state index contributed by atoms with van der Waals surface area (Å²) in [5.74, 6) is -0.585. The third-order valence-corrected chi connectivity index (χ3v) is 2.87. The van der Waals surface area contributed by atoms with E-state index in [2.05, 4.69) is 10.2 Å². The van der Waals surface area contributed by atoms with Crippen LogP contribution in [0.4, 0.5) is 0 Å². The van der Waals surface area contributed by atoms with Gasteiger partial charge in [-0.15, -0.1) is 4.91 Å². The fourth-order valence-corrected chi connectivity index (χ4v) is 1.70. The summed E-state index contributed by atoms with van der Waals surface area (Å²) >= 11 is 0. The highest BCUT2D eigenvalue weighted by molar-refractivity contribution is 5.83. The van der Waals surface area contributed by atoms with Gasteiger partial charge in [-0.2, -0.15) is 0 Å². The molecule has 0 amide bonds. The van der Waals surface area contributed by atoms with Gasteiger partial charge in [0.25, 0.3) is 0 Å². The average molecular weight is 220 g/mol. The van der Waals surface area contributed by atoms with Crippen molar-refractivity contribution in [2.45, 2.75) is 19.0 Å². The van der Waals surface area contributed by atoms with Crippen LogP contribution < -0.4 is 0 Å². The Bertz CT molecular complexity index is 407. The predicted octanol–water partition coefficient (Wildman–Crippen LogP) is 1.49. The van der Waals surface area contributed by atoms with Crippen LogP contribution in [0.25, 0.3) is 0 Å². The molecule has 2 unspecified atom stereocenters. The van der Waals surface area contributed by atoms with Gasteiger partial charge in [-0.05, 0) is 12.5 Å². The third kappa shape index (κ3) is 1.94. The largest absolute Gasteiger partial charge is 0.359 e. The van der Waals surface area contributed by atoms with E-state index in [1.165, 1.54) is 0 Å². The zero-order valence-corrected chi connectivity index (χ0v) is 8.92. The Labute approximate surface area is 92.9 Å². The van der Waals surface area contributed by atoms with Crippen molar-refractivity contribution in [3.8, 4) is 0 Å². The van der Waals surface area contributed by atoms with E-state index >= 15 is 0 Å². The Morgan fingerprint density at radius 3 is 2.81 bits per heavy atom. The van der Waals surface area contributed by atoms with Gasteiger partial charge in [-0.25, -0.2) is 4.79 Å². The lowest BCUT2D eigenvalue weighted by Crippen LogP contribution is -2.26. The van der Waals surface area contributed by atoms with Crippen LogP contribution in [0.15, 0.2) is 35.7 Å². The van der Waals surface area contributed by atoms with E-state index in [0.717, 1.165) is 5.56 Å². The van der Waals surface area contributed by atoms with Crippen LogP contribution in [0.2, 0.25) is 0 Å². The number of hydrogen-bond donors (Lipinski definition) is 0. The first-order valence-electron chi connectivity index (χ1n) is 5.00. The number of hydrogen-bond acceptors (Lipinski definition) is 5. The lowest BCUT2D eigenvalue weighted by atomic mass is 10.2. The Balaban J connectivity index is 1.96. The van der Waals surface area contributed by atoms with Crippen molar-refractivity contribution in [1.82, 2.24) is 4.90 Å². The van der Waals surface area contributed by atoms with Gasteiger partial charge in [0.1, 0.15) is 5.54 Å². The molecule has 1 aliphatic rings. The van der Waals surface area contributed by atoms with E-state index in [9.17, 15) is 9.70 Å². The van der Waals surface area contributed by atoms with Crippen molar-refractivity contribution >= 4 is 5.97 Å². The first-order valence-corrected chi connectivity index (χ1v) is 5.00. The van der Waals surface area contributed by atoms with Gasteiger partial charge in [0.2, 0.25) is 0 Å². The highest BCUT2D eigenvalue weighted by Crippen LogP contribution is 2.34. The maximum Gasteiger partial charge on any atom is 0.359 e. The van der Waals surface area contributed by atoms with Gasteiger partial charge >= 0.3 is 5.97 Å². The minimum absolute atomic E-state index is 0.585. The highest BCUT2D eigenvalue weighted by atomic mass is 16.7. The van der Waals surface area contributed by atoms with Gasteiger partial charge in [-0.1, -0.05) is 30.3 Å². The normalized spacial score (nSPS) is 27.2. The second-order valence-corrected chi connectivity index (χ2v) is 4.07. The molecule has 5 nitrogen and oxygen atoms in total. The molecule has 0 N–H and O–H groups in total. The minimum Gasteiger partial charge on any atom is -0.282 e. The van der Waals surface area contributed by atoms with Crippen molar-refractivity contribution in [1.29, 1.82) is 0 Å². The molecule has 16 heavy (non-hydrogen) atoms. The summed E-state index contributed by atoms with van der Waals surface area (Å²) in [6.07, 6.45) is 0. The molecule has 1 saturated heterocycles. The molecule has 1 heterocycles. The molecular formula is C11H12N2O3. The summed E-state index contributed by atoms with van der Waals surface area (Å²) in [5.41, 5.74) is 0.433. The van der Waals surface area contributed by atoms with Crippen LogP contribution in [-0.4, -0.2) is 23.0 Å². The molecule has 0 bridgehead atoms. The van der Waals surface area contributed by atoms with Crippen LogP contribution in [0, 0.1) is 4.91 Å². The quantitative estimate of drug-likeness (QED) is 0.438. The molecule has 0 aromatic heterocycles. The Hall–Kier alpha value is -1.75. The SMILES string of the molecule is CC1(C(=O)ON=O)CN1Cc1ccccc1. The maximum atomic E-state index is 11.4. The highest BCUT2D eigenvalue weighted by Gasteiger charge is 2.55. The second-order valence-electron chi connectivity index (χ2n) is 4.07. The molecule has 0 spiro atoms. The molecule has 0 radical (unpaired) electrons. The van der Waals surface area contributed by atoms with Crippen molar-refractivity contribution in [2.75, 3.05) is 6.54 Å². The first-order chi connectivity index (χ1) is 7.66. The van der Waals surface area contributed by atoms with Crippen LogP contribution in [0.1, 0.15) is 12.5 Å². The summed E-state index contributed by atoms with van der Waals surface area (Å²) in [7, 11) is 0. The number of nitrogens with zero attached hydrogens (tertiary/aromatic N) is 2. The average Bonchev–Trinajstić information content (AvgIpc) is 2.93. The lowest BCUT2D eigenvalue weighted by molar-refractivity contribution is -0.147. The second kappa shape index (κ2) is 4.02. The van der Waals surface area contributed by atoms with Crippen molar-refractivity contribution in [3.63, 3.8) is 0 Å². The molecule has 2 rings (SSSR count). The van der Waals surface area contributed by atoms with Crippen molar-refractivity contribution in [2.24, 2.45) is 5.34 Å². The monoisotopic (exact) mass is 220 g/mol. The molecule has 5 heteroatoms. The molecule has 2 atom stereocenters. The molecule has 1 aliphatic heterocycles. The van der Waals surface area contributed by atoms with E-state index in [4.69, 9.17) is 0 Å². The van der Waals surface area contributed by atoms with E-state index in [-0.39, 0.29) is 0 Å². The summed E-state index contributed by atoms with van der Waals surface area (Å²) in [5, 5.41) is 2.16. The summed E-state index contributed by atoms with van der Waals surface area (Å²) < 4.78 is 0. The Kier molecular flexibility index (Phi) is 2.70. The molecule has 0 saturated carbocycles. The molecule has 1 aromatic carbocycles. The lowest BCUT2D eigenvalue weighted by Gasteiger charge is -2.08. The standard InChI is InChI=1S/C11H12N2O3/c1-11(10(14)16-12-15)8-13(11)7-9-5-3-2-4-6-9/h2-6H,7-8H2,1H3. The zero-order chi connectivity index (χ0) is 11.6. The van der Waals surface area contributed by atoms with Crippen molar-refractivity contribution < 1.29 is 9.63 Å². The number of benzene rings is 1. The van der Waals surface area contributed by atoms with Gasteiger partial charge in [-0.3, -0.25) is 9.74 Å². The van der Waals surface area contributed by atoms with Gasteiger partial charge in [0.05, 0.1) is 0 Å². The molecule has 0 aliphatic carbocycles. The maximum absolute atomic E-state index is 11.4. The van der Waals surface area contributed by atoms with E-state index in [1.54, 1.807) is 6.92 Å². The first kappa shape index (κ1) is 10.8. The van der Waals surface area contributed by atoms with E-state index in [0.29, 0.717) is 13.1 Å².